The number of benzene rings is 1. The van der Waals surface area contributed by atoms with Crippen molar-refractivity contribution in [3.63, 3.8) is 0 Å². The summed E-state index contributed by atoms with van der Waals surface area (Å²) in [6.07, 6.45) is 3.60. The van der Waals surface area contributed by atoms with Crippen LogP contribution in [0.3, 0.4) is 0 Å². The van der Waals surface area contributed by atoms with Crippen LogP contribution in [0.5, 0.6) is 17.4 Å². The SMILES string of the molecule is CCc1nc(-c2ccc(OC)cc2OC)c(CC)nc1OC(CC)CC. The van der Waals surface area contributed by atoms with E-state index in [1.54, 1.807) is 14.2 Å². The lowest BCUT2D eigenvalue weighted by Gasteiger charge is -2.19. The molecular formula is C21H30N2O3. The molecule has 0 saturated heterocycles. The van der Waals surface area contributed by atoms with E-state index in [0.29, 0.717) is 5.88 Å². The molecule has 5 heteroatoms. The van der Waals surface area contributed by atoms with Crippen molar-refractivity contribution in [1.29, 1.82) is 0 Å². The first-order valence-corrected chi connectivity index (χ1v) is 9.40. The fourth-order valence-corrected chi connectivity index (χ4v) is 2.88. The first-order chi connectivity index (χ1) is 12.6. The summed E-state index contributed by atoms with van der Waals surface area (Å²) < 4.78 is 17.0. The Morgan fingerprint density at radius 3 is 2.12 bits per heavy atom. The summed E-state index contributed by atoms with van der Waals surface area (Å²) in [6, 6.07) is 5.76. The molecule has 0 radical (unpaired) electrons. The first-order valence-electron chi connectivity index (χ1n) is 9.40. The molecule has 0 unspecified atom stereocenters. The summed E-state index contributed by atoms with van der Waals surface area (Å²) in [5, 5.41) is 0. The minimum atomic E-state index is 0.167. The Labute approximate surface area is 156 Å². The molecule has 1 aromatic heterocycles. The number of aromatic nitrogens is 2. The van der Waals surface area contributed by atoms with Crippen LogP contribution in [0, 0.1) is 0 Å². The number of nitrogens with zero attached hydrogens (tertiary/aromatic N) is 2. The third kappa shape index (κ3) is 4.26. The number of hydrogen-bond donors (Lipinski definition) is 0. The van der Waals surface area contributed by atoms with Gasteiger partial charge in [0.05, 0.1) is 31.7 Å². The maximum Gasteiger partial charge on any atom is 0.236 e. The van der Waals surface area contributed by atoms with Crippen LogP contribution in [0.1, 0.15) is 51.9 Å². The van der Waals surface area contributed by atoms with Crippen LogP contribution in [0.25, 0.3) is 11.3 Å². The summed E-state index contributed by atoms with van der Waals surface area (Å²) in [4.78, 5) is 9.73. The molecule has 0 bridgehead atoms. The van der Waals surface area contributed by atoms with Crippen molar-refractivity contribution >= 4 is 0 Å². The highest BCUT2D eigenvalue weighted by molar-refractivity contribution is 5.70. The predicted molar refractivity (Wildman–Crippen MR) is 104 cm³/mol. The second-order valence-electron chi connectivity index (χ2n) is 6.10. The Morgan fingerprint density at radius 1 is 0.885 bits per heavy atom. The molecule has 2 rings (SSSR count). The Morgan fingerprint density at radius 2 is 1.58 bits per heavy atom. The van der Waals surface area contributed by atoms with Gasteiger partial charge in [0.2, 0.25) is 5.88 Å². The second-order valence-corrected chi connectivity index (χ2v) is 6.10. The molecule has 0 atom stereocenters. The third-order valence-electron chi connectivity index (χ3n) is 4.53. The lowest BCUT2D eigenvalue weighted by Crippen LogP contribution is -2.17. The van der Waals surface area contributed by atoms with E-state index in [9.17, 15) is 0 Å². The molecule has 5 nitrogen and oxygen atoms in total. The highest BCUT2D eigenvalue weighted by Crippen LogP contribution is 2.35. The fourth-order valence-electron chi connectivity index (χ4n) is 2.88. The van der Waals surface area contributed by atoms with Crippen molar-refractivity contribution < 1.29 is 14.2 Å². The first kappa shape index (κ1) is 20.0. The zero-order chi connectivity index (χ0) is 19.1. The summed E-state index contributed by atoms with van der Waals surface area (Å²) in [5.41, 5.74) is 3.55. The number of methoxy groups -OCH3 is 2. The van der Waals surface area contributed by atoms with Gasteiger partial charge >= 0.3 is 0 Å². The molecule has 0 spiro atoms. The maximum atomic E-state index is 6.14. The molecule has 0 N–H and O–H groups in total. The van der Waals surface area contributed by atoms with Crippen molar-refractivity contribution in [3.05, 3.63) is 29.6 Å². The minimum absolute atomic E-state index is 0.167. The van der Waals surface area contributed by atoms with Gasteiger partial charge in [0.1, 0.15) is 17.2 Å². The van der Waals surface area contributed by atoms with Crippen molar-refractivity contribution in [3.8, 4) is 28.6 Å². The van der Waals surface area contributed by atoms with Gasteiger partial charge in [-0.05, 0) is 37.8 Å². The summed E-state index contributed by atoms with van der Waals surface area (Å²) in [7, 11) is 3.30. The van der Waals surface area contributed by atoms with E-state index in [1.165, 1.54) is 0 Å². The van der Waals surface area contributed by atoms with Gasteiger partial charge in [0.25, 0.3) is 0 Å². The highest BCUT2D eigenvalue weighted by Gasteiger charge is 2.19. The smallest absolute Gasteiger partial charge is 0.236 e. The van der Waals surface area contributed by atoms with E-state index in [0.717, 1.165) is 59.8 Å². The van der Waals surface area contributed by atoms with Crippen LogP contribution >= 0.6 is 0 Å². The lowest BCUT2D eigenvalue weighted by atomic mass is 10.1. The van der Waals surface area contributed by atoms with Crippen LogP contribution in [0.4, 0.5) is 0 Å². The Hall–Kier alpha value is -2.30. The molecule has 142 valence electrons. The minimum Gasteiger partial charge on any atom is -0.497 e. The number of ether oxygens (including phenoxy) is 3. The Bertz CT molecular complexity index is 727. The van der Waals surface area contributed by atoms with Crippen molar-refractivity contribution in [1.82, 2.24) is 9.97 Å². The molecule has 1 aromatic carbocycles. The number of hydrogen-bond acceptors (Lipinski definition) is 5. The average Bonchev–Trinajstić information content (AvgIpc) is 2.70. The van der Waals surface area contributed by atoms with E-state index < -0.39 is 0 Å². The summed E-state index contributed by atoms with van der Waals surface area (Å²) in [6.45, 7) is 8.41. The van der Waals surface area contributed by atoms with Gasteiger partial charge in [0.15, 0.2) is 0 Å². The number of aryl methyl sites for hydroxylation is 2. The van der Waals surface area contributed by atoms with Crippen LogP contribution in [-0.2, 0) is 12.8 Å². The molecule has 1 heterocycles. The molecule has 0 aliphatic carbocycles. The maximum absolute atomic E-state index is 6.14. The Kier molecular flexibility index (Phi) is 7.25. The summed E-state index contributed by atoms with van der Waals surface area (Å²) >= 11 is 0. The molecular weight excluding hydrogens is 328 g/mol. The van der Waals surface area contributed by atoms with Crippen LogP contribution in [-0.4, -0.2) is 30.3 Å². The normalized spacial score (nSPS) is 10.9. The van der Waals surface area contributed by atoms with Crippen LogP contribution < -0.4 is 14.2 Å². The lowest BCUT2D eigenvalue weighted by molar-refractivity contribution is 0.181. The third-order valence-corrected chi connectivity index (χ3v) is 4.53. The summed E-state index contributed by atoms with van der Waals surface area (Å²) in [5.74, 6) is 2.14. The van der Waals surface area contributed by atoms with Crippen LogP contribution in [0.2, 0.25) is 0 Å². The largest absolute Gasteiger partial charge is 0.497 e. The molecule has 0 saturated carbocycles. The molecule has 2 aromatic rings. The Balaban J connectivity index is 2.56. The molecule has 0 aliphatic rings. The quantitative estimate of drug-likeness (QED) is 0.641. The van der Waals surface area contributed by atoms with E-state index in [2.05, 4.69) is 27.7 Å². The fraction of sp³-hybridized carbons (Fsp3) is 0.524. The van der Waals surface area contributed by atoms with Gasteiger partial charge in [-0.2, -0.15) is 0 Å². The molecule has 0 amide bonds. The zero-order valence-electron chi connectivity index (χ0n) is 16.8. The average molecular weight is 358 g/mol. The predicted octanol–water partition coefficient (Wildman–Crippen LogP) is 4.85. The van der Waals surface area contributed by atoms with E-state index >= 15 is 0 Å². The van der Waals surface area contributed by atoms with Crippen molar-refractivity contribution in [2.45, 2.75) is 59.5 Å². The molecule has 26 heavy (non-hydrogen) atoms. The van der Waals surface area contributed by atoms with Crippen molar-refractivity contribution in [2.24, 2.45) is 0 Å². The zero-order valence-corrected chi connectivity index (χ0v) is 16.8. The van der Waals surface area contributed by atoms with E-state index in [4.69, 9.17) is 24.2 Å². The van der Waals surface area contributed by atoms with E-state index in [-0.39, 0.29) is 6.10 Å². The van der Waals surface area contributed by atoms with Gasteiger partial charge in [0, 0.05) is 11.6 Å². The van der Waals surface area contributed by atoms with Crippen molar-refractivity contribution in [2.75, 3.05) is 14.2 Å². The monoisotopic (exact) mass is 358 g/mol. The van der Waals surface area contributed by atoms with Gasteiger partial charge in [-0.1, -0.05) is 27.7 Å². The molecule has 0 aliphatic heterocycles. The van der Waals surface area contributed by atoms with Gasteiger partial charge in [-0.25, -0.2) is 9.97 Å². The van der Waals surface area contributed by atoms with Gasteiger partial charge < -0.3 is 14.2 Å². The van der Waals surface area contributed by atoms with Crippen LogP contribution in [0.15, 0.2) is 18.2 Å². The topological polar surface area (TPSA) is 53.5 Å². The standard InChI is InChI=1S/C21H30N2O3/c1-7-14(8-2)26-21-18(10-4)22-20(17(9-3)23-21)16-12-11-15(24-5)13-19(16)25-6/h11-14H,7-10H2,1-6H3. The second kappa shape index (κ2) is 9.41. The van der Waals surface area contributed by atoms with E-state index in [1.807, 2.05) is 18.2 Å². The molecule has 0 fully saturated rings. The van der Waals surface area contributed by atoms with Gasteiger partial charge in [-0.3, -0.25) is 0 Å². The number of rotatable bonds is 9. The highest BCUT2D eigenvalue weighted by atomic mass is 16.5. The van der Waals surface area contributed by atoms with Gasteiger partial charge in [-0.15, -0.1) is 0 Å².